The van der Waals surface area contributed by atoms with Gasteiger partial charge in [0.05, 0.1) is 12.2 Å². The van der Waals surface area contributed by atoms with E-state index in [1.54, 1.807) is 6.20 Å². The van der Waals surface area contributed by atoms with Gasteiger partial charge >= 0.3 is 0 Å². The summed E-state index contributed by atoms with van der Waals surface area (Å²) in [6.07, 6.45) is 5.92. The second-order valence-corrected chi connectivity index (χ2v) is 6.32. The number of nitrogens with zero attached hydrogens (tertiary/aromatic N) is 1. The topological polar surface area (TPSA) is 67.0 Å². The molecule has 1 amide bonds. The molecule has 0 radical (unpaired) electrons. The molecule has 0 aliphatic carbocycles. The average Bonchev–Trinajstić information content (AvgIpc) is 3.11. The van der Waals surface area contributed by atoms with Crippen molar-refractivity contribution in [2.75, 3.05) is 6.61 Å². The van der Waals surface area contributed by atoms with Crippen LogP contribution in [0.25, 0.3) is 10.9 Å². The smallest absolute Gasteiger partial charge is 0.258 e. The van der Waals surface area contributed by atoms with Gasteiger partial charge in [-0.1, -0.05) is 26.0 Å². The Morgan fingerprint density at radius 3 is 2.77 bits per heavy atom. The van der Waals surface area contributed by atoms with Gasteiger partial charge in [-0.3, -0.25) is 9.78 Å². The Morgan fingerprint density at radius 2 is 2.04 bits per heavy atom. The third kappa shape index (κ3) is 4.04. The summed E-state index contributed by atoms with van der Waals surface area (Å²) in [5.74, 6) is 1.07. The van der Waals surface area contributed by atoms with Crippen molar-refractivity contribution < 1.29 is 9.53 Å². The predicted molar refractivity (Wildman–Crippen MR) is 103 cm³/mol. The molecule has 0 fully saturated rings. The van der Waals surface area contributed by atoms with Crippen molar-refractivity contribution in [1.29, 1.82) is 0 Å². The molecule has 136 valence electrons. The predicted octanol–water partition coefficient (Wildman–Crippen LogP) is 4.16. The number of nitrogens with one attached hydrogen (secondary N) is 2. The number of benzene rings is 1. The number of ether oxygens (including phenoxy) is 1. The van der Waals surface area contributed by atoms with Gasteiger partial charge in [-0.2, -0.15) is 0 Å². The number of H-pyrrole nitrogens is 1. The summed E-state index contributed by atoms with van der Waals surface area (Å²) in [6.45, 7) is 4.78. The maximum atomic E-state index is 12.1. The lowest BCUT2D eigenvalue weighted by atomic mass is 9.93. The Bertz CT molecular complexity index is 854. The SMILES string of the molecule is CCC(CC)c1c[nH]c2cccc(OCC(=O)NCc3ccccn3)c12. The molecule has 2 N–H and O–H groups in total. The Labute approximate surface area is 153 Å². The van der Waals surface area contributed by atoms with E-state index in [1.165, 1.54) is 5.56 Å². The molecule has 26 heavy (non-hydrogen) atoms. The number of hydrogen-bond donors (Lipinski definition) is 2. The van der Waals surface area contributed by atoms with Gasteiger partial charge in [-0.05, 0) is 48.6 Å². The average molecular weight is 351 g/mol. The first kappa shape index (κ1) is 18.0. The number of carbonyl (C=O) groups is 1. The molecule has 3 rings (SSSR count). The Kier molecular flexibility index (Phi) is 5.89. The molecule has 5 nitrogen and oxygen atoms in total. The van der Waals surface area contributed by atoms with Crippen LogP contribution in [0.15, 0.2) is 48.8 Å². The summed E-state index contributed by atoms with van der Waals surface area (Å²) in [4.78, 5) is 19.6. The van der Waals surface area contributed by atoms with Crippen LogP contribution in [-0.2, 0) is 11.3 Å². The highest BCUT2D eigenvalue weighted by Gasteiger charge is 2.16. The van der Waals surface area contributed by atoms with E-state index in [-0.39, 0.29) is 12.5 Å². The van der Waals surface area contributed by atoms with E-state index < -0.39 is 0 Å². The van der Waals surface area contributed by atoms with Crippen LogP contribution in [-0.4, -0.2) is 22.5 Å². The van der Waals surface area contributed by atoms with Gasteiger partial charge in [0.25, 0.3) is 5.91 Å². The summed E-state index contributed by atoms with van der Waals surface area (Å²) in [7, 11) is 0. The Hall–Kier alpha value is -2.82. The first-order chi connectivity index (χ1) is 12.7. The van der Waals surface area contributed by atoms with E-state index in [9.17, 15) is 4.79 Å². The monoisotopic (exact) mass is 351 g/mol. The van der Waals surface area contributed by atoms with Crippen LogP contribution in [0.4, 0.5) is 0 Å². The number of rotatable bonds is 8. The number of aromatic nitrogens is 2. The number of hydrogen-bond acceptors (Lipinski definition) is 3. The Balaban J connectivity index is 1.68. The van der Waals surface area contributed by atoms with Gasteiger partial charge < -0.3 is 15.0 Å². The minimum absolute atomic E-state index is 0.0144. The third-order valence-electron chi connectivity index (χ3n) is 4.68. The van der Waals surface area contributed by atoms with Crippen LogP contribution in [0.3, 0.4) is 0 Å². The number of carbonyl (C=O) groups excluding carboxylic acids is 1. The van der Waals surface area contributed by atoms with Crippen LogP contribution < -0.4 is 10.1 Å². The van der Waals surface area contributed by atoms with Gasteiger partial charge in [0.2, 0.25) is 0 Å². The van der Waals surface area contributed by atoms with Crippen LogP contribution in [0.1, 0.15) is 43.9 Å². The highest BCUT2D eigenvalue weighted by Crippen LogP contribution is 2.35. The summed E-state index contributed by atoms with van der Waals surface area (Å²) in [5, 5.41) is 3.92. The van der Waals surface area contributed by atoms with Crippen molar-refractivity contribution in [3.63, 3.8) is 0 Å². The minimum Gasteiger partial charge on any atom is -0.483 e. The quantitative estimate of drug-likeness (QED) is 0.640. The maximum Gasteiger partial charge on any atom is 0.258 e. The fraction of sp³-hybridized carbons (Fsp3) is 0.333. The Morgan fingerprint density at radius 1 is 1.19 bits per heavy atom. The van der Waals surface area contributed by atoms with E-state index in [2.05, 4.69) is 35.3 Å². The second kappa shape index (κ2) is 8.52. The molecule has 0 saturated carbocycles. The van der Waals surface area contributed by atoms with Crippen molar-refractivity contribution in [1.82, 2.24) is 15.3 Å². The molecule has 0 aliphatic rings. The fourth-order valence-electron chi connectivity index (χ4n) is 3.23. The normalized spacial score (nSPS) is 11.0. The summed E-state index contributed by atoms with van der Waals surface area (Å²) in [5.41, 5.74) is 3.12. The van der Waals surface area contributed by atoms with Gasteiger partial charge in [0, 0.05) is 23.3 Å². The van der Waals surface area contributed by atoms with E-state index in [1.807, 2.05) is 36.4 Å². The van der Waals surface area contributed by atoms with Crippen molar-refractivity contribution in [3.8, 4) is 5.75 Å². The molecular formula is C21H25N3O2. The maximum absolute atomic E-state index is 12.1. The minimum atomic E-state index is -0.160. The largest absolute Gasteiger partial charge is 0.483 e. The number of aromatic amines is 1. The lowest BCUT2D eigenvalue weighted by molar-refractivity contribution is -0.123. The summed E-state index contributed by atoms with van der Waals surface area (Å²) < 4.78 is 5.86. The molecule has 3 aromatic rings. The molecule has 0 saturated heterocycles. The lowest BCUT2D eigenvalue weighted by Gasteiger charge is -2.14. The van der Waals surface area contributed by atoms with Crippen molar-refractivity contribution >= 4 is 16.8 Å². The summed E-state index contributed by atoms with van der Waals surface area (Å²) in [6, 6.07) is 11.5. The van der Waals surface area contributed by atoms with Crippen LogP contribution in [0.2, 0.25) is 0 Å². The van der Waals surface area contributed by atoms with E-state index in [0.717, 1.165) is 35.2 Å². The van der Waals surface area contributed by atoms with Crippen LogP contribution in [0.5, 0.6) is 5.75 Å². The molecule has 1 aromatic carbocycles. The van der Waals surface area contributed by atoms with Crippen molar-refractivity contribution in [2.24, 2.45) is 0 Å². The fourth-order valence-corrected chi connectivity index (χ4v) is 3.23. The van der Waals surface area contributed by atoms with E-state index >= 15 is 0 Å². The zero-order valence-corrected chi connectivity index (χ0v) is 15.3. The highest BCUT2D eigenvalue weighted by atomic mass is 16.5. The highest BCUT2D eigenvalue weighted by molar-refractivity contribution is 5.90. The number of pyridine rings is 1. The number of amides is 1. The number of fused-ring (bicyclic) bond motifs is 1. The molecule has 0 spiro atoms. The first-order valence-electron chi connectivity index (χ1n) is 9.12. The van der Waals surface area contributed by atoms with Gasteiger partial charge in [-0.15, -0.1) is 0 Å². The van der Waals surface area contributed by atoms with E-state index in [0.29, 0.717) is 12.5 Å². The first-order valence-corrected chi connectivity index (χ1v) is 9.12. The van der Waals surface area contributed by atoms with Crippen molar-refractivity contribution in [3.05, 3.63) is 60.0 Å². The van der Waals surface area contributed by atoms with Crippen LogP contribution >= 0.6 is 0 Å². The molecule has 5 heteroatoms. The molecule has 0 unspecified atom stereocenters. The van der Waals surface area contributed by atoms with Gasteiger partial charge in [0.15, 0.2) is 6.61 Å². The molecular weight excluding hydrogens is 326 g/mol. The molecule has 0 atom stereocenters. The second-order valence-electron chi connectivity index (χ2n) is 6.32. The zero-order valence-electron chi connectivity index (χ0n) is 15.3. The zero-order chi connectivity index (χ0) is 18.4. The lowest BCUT2D eigenvalue weighted by Crippen LogP contribution is -2.28. The molecule has 2 aromatic heterocycles. The molecule has 2 heterocycles. The molecule has 0 aliphatic heterocycles. The van der Waals surface area contributed by atoms with E-state index in [4.69, 9.17) is 4.74 Å². The summed E-state index contributed by atoms with van der Waals surface area (Å²) >= 11 is 0. The third-order valence-corrected chi connectivity index (χ3v) is 4.68. The van der Waals surface area contributed by atoms with Crippen molar-refractivity contribution in [2.45, 2.75) is 39.2 Å². The molecule has 0 bridgehead atoms. The van der Waals surface area contributed by atoms with Gasteiger partial charge in [0.1, 0.15) is 5.75 Å². The van der Waals surface area contributed by atoms with Gasteiger partial charge in [-0.25, -0.2) is 0 Å². The van der Waals surface area contributed by atoms with Crippen LogP contribution in [0, 0.1) is 0 Å². The standard InChI is InChI=1S/C21H25N3O2/c1-3-15(4-2)17-13-23-18-9-7-10-19(21(17)18)26-14-20(25)24-12-16-8-5-6-11-22-16/h5-11,13,15,23H,3-4,12,14H2,1-2H3,(H,24,25).